The third-order valence-corrected chi connectivity index (χ3v) is 4.92. The Labute approximate surface area is 121 Å². The fraction of sp³-hybridized carbons (Fsp3) is 0.750. The lowest BCUT2D eigenvalue weighted by Crippen LogP contribution is -2.33. The largest absolute Gasteiger partial charge is 0.443 e. The van der Waals surface area contributed by atoms with Gasteiger partial charge in [-0.3, -0.25) is 0 Å². The first-order valence-electron chi connectivity index (χ1n) is 6.44. The second-order valence-electron chi connectivity index (χ2n) is 5.26. The maximum atomic E-state index is 12.7. The van der Waals surface area contributed by atoms with Gasteiger partial charge in [-0.25, -0.2) is 4.98 Å². The number of hydrogen-bond donors (Lipinski definition) is 1. The van der Waals surface area contributed by atoms with Gasteiger partial charge in [-0.15, -0.1) is 11.3 Å². The summed E-state index contributed by atoms with van der Waals surface area (Å²) < 4.78 is 75.7. The Morgan fingerprint density at radius 2 is 1.86 bits per heavy atom. The van der Waals surface area contributed by atoms with Crippen LogP contribution in [0.15, 0.2) is 6.20 Å². The molecule has 0 aromatic carbocycles. The van der Waals surface area contributed by atoms with Crippen molar-refractivity contribution in [1.29, 1.82) is 0 Å². The second kappa shape index (κ2) is 5.75. The van der Waals surface area contributed by atoms with E-state index >= 15 is 0 Å². The summed E-state index contributed by atoms with van der Waals surface area (Å²) >= 11 is 0.408. The molecule has 3 atom stereocenters. The number of alkyl halides is 6. The van der Waals surface area contributed by atoms with E-state index in [0.717, 1.165) is 6.20 Å². The van der Waals surface area contributed by atoms with Gasteiger partial charge < -0.3 is 5.73 Å². The van der Waals surface area contributed by atoms with Crippen molar-refractivity contribution in [2.24, 2.45) is 17.6 Å². The predicted molar refractivity (Wildman–Crippen MR) is 65.5 cm³/mol. The molecule has 1 aliphatic rings. The second-order valence-corrected chi connectivity index (χ2v) is 6.32. The Bertz CT molecular complexity index is 481. The zero-order chi connectivity index (χ0) is 15.8. The first-order chi connectivity index (χ1) is 9.59. The van der Waals surface area contributed by atoms with E-state index in [1.165, 1.54) is 0 Å². The average Bonchev–Trinajstić information content (AvgIpc) is 2.86. The summed E-state index contributed by atoms with van der Waals surface area (Å²) in [6.07, 6.45) is -7.00. The maximum Gasteiger partial charge on any atom is 0.443 e. The van der Waals surface area contributed by atoms with Crippen LogP contribution in [-0.2, 0) is 6.18 Å². The molecular formula is C12H14F6N2S. The Balaban J connectivity index is 2.09. The van der Waals surface area contributed by atoms with Gasteiger partial charge in [0.25, 0.3) is 0 Å². The van der Waals surface area contributed by atoms with Crippen LogP contribution in [0.4, 0.5) is 26.3 Å². The van der Waals surface area contributed by atoms with E-state index in [2.05, 4.69) is 4.98 Å². The molecule has 1 aromatic rings. The number of nitrogens with two attached hydrogens (primary N) is 1. The highest BCUT2D eigenvalue weighted by atomic mass is 32.1. The van der Waals surface area contributed by atoms with Crippen LogP contribution < -0.4 is 5.73 Å². The van der Waals surface area contributed by atoms with Gasteiger partial charge in [-0.1, -0.05) is 6.42 Å². The molecule has 120 valence electrons. The van der Waals surface area contributed by atoms with Crippen molar-refractivity contribution in [1.82, 2.24) is 4.98 Å². The molecule has 9 heteroatoms. The minimum absolute atomic E-state index is 0.0587. The molecule has 3 unspecified atom stereocenters. The van der Waals surface area contributed by atoms with Crippen LogP contribution in [-0.4, -0.2) is 11.2 Å². The highest BCUT2D eigenvalue weighted by Gasteiger charge is 2.44. The Hall–Kier alpha value is -0.830. The number of thiazole rings is 1. The average molecular weight is 332 g/mol. The van der Waals surface area contributed by atoms with Crippen molar-refractivity contribution < 1.29 is 26.3 Å². The molecule has 1 saturated carbocycles. The molecule has 0 spiro atoms. The van der Waals surface area contributed by atoms with Crippen LogP contribution >= 0.6 is 11.3 Å². The van der Waals surface area contributed by atoms with Crippen LogP contribution in [0, 0.1) is 11.8 Å². The number of aromatic nitrogens is 1. The summed E-state index contributed by atoms with van der Waals surface area (Å²) in [5, 5.41) is -1.02. The van der Waals surface area contributed by atoms with Crippen molar-refractivity contribution in [2.75, 3.05) is 0 Å². The smallest absolute Gasteiger partial charge is 0.323 e. The van der Waals surface area contributed by atoms with Crippen molar-refractivity contribution >= 4 is 11.3 Å². The lowest BCUT2D eigenvalue weighted by molar-refractivity contribution is -0.186. The van der Waals surface area contributed by atoms with Gasteiger partial charge in [-0.2, -0.15) is 26.3 Å². The molecule has 0 bridgehead atoms. The van der Waals surface area contributed by atoms with Crippen LogP contribution in [0.25, 0.3) is 0 Å². The van der Waals surface area contributed by atoms with E-state index in [-0.39, 0.29) is 17.7 Å². The van der Waals surface area contributed by atoms with Crippen molar-refractivity contribution in [2.45, 2.75) is 44.1 Å². The molecule has 0 radical (unpaired) electrons. The number of rotatable bonds is 2. The molecule has 0 saturated heterocycles. The van der Waals surface area contributed by atoms with Gasteiger partial charge in [0.15, 0.2) is 5.01 Å². The molecule has 2 nitrogen and oxygen atoms in total. The standard InChI is InChI=1S/C12H14F6N2S/c13-11(14,15)7-3-1-2-6(4-7)9(19)8-5-20-10(21-8)12(16,17)18/h5-7,9H,1-4,19H2. The van der Waals surface area contributed by atoms with Crippen molar-refractivity contribution in [3.05, 3.63) is 16.1 Å². The quantitative estimate of drug-likeness (QED) is 0.808. The summed E-state index contributed by atoms with van der Waals surface area (Å²) in [5.74, 6) is -1.88. The molecule has 2 N–H and O–H groups in total. The Kier molecular flexibility index (Phi) is 4.53. The number of halogens is 6. The van der Waals surface area contributed by atoms with E-state index in [1.807, 2.05) is 0 Å². The first-order valence-corrected chi connectivity index (χ1v) is 7.26. The lowest BCUT2D eigenvalue weighted by Gasteiger charge is -2.33. The SMILES string of the molecule is NC(c1cnc(C(F)(F)F)s1)C1CCCC(C(F)(F)F)C1. The van der Waals surface area contributed by atoms with E-state index < -0.39 is 35.2 Å². The molecule has 0 amide bonds. The van der Waals surface area contributed by atoms with Gasteiger partial charge in [0.2, 0.25) is 0 Å². The number of hydrogen-bond acceptors (Lipinski definition) is 3. The minimum Gasteiger partial charge on any atom is -0.323 e. The van der Waals surface area contributed by atoms with E-state index in [1.54, 1.807) is 0 Å². The van der Waals surface area contributed by atoms with Crippen LogP contribution in [0.5, 0.6) is 0 Å². The zero-order valence-electron chi connectivity index (χ0n) is 10.8. The predicted octanol–water partition coefficient (Wildman–Crippen LogP) is 4.53. The van der Waals surface area contributed by atoms with Gasteiger partial charge in [0.05, 0.1) is 5.92 Å². The van der Waals surface area contributed by atoms with Gasteiger partial charge >= 0.3 is 12.4 Å². The molecular weight excluding hydrogens is 318 g/mol. The molecule has 1 aromatic heterocycles. The van der Waals surface area contributed by atoms with E-state index in [9.17, 15) is 26.3 Å². The van der Waals surface area contributed by atoms with E-state index in [4.69, 9.17) is 5.73 Å². The monoisotopic (exact) mass is 332 g/mol. The normalized spacial score (nSPS) is 25.9. The summed E-state index contributed by atoms with van der Waals surface area (Å²) in [4.78, 5) is 3.45. The fourth-order valence-corrected chi connectivity index (χ4v) is 3.53. The Morgan fingerprint density at radius 3 is 2.38 bits per heavy atom. The van der Waals surface area contributed by atoms with Gasteiger partial charge in [0, 0.05) is 17.1 Å². The van der Waals surface area contributed by atoms with E-state index in [0.29, 0.717) is 24.2 Å². The van der Waals surface area contributed by atoms with Crippen LogP contribution in [0.3, 0.4) is 0 Å². The molecule has 1 fully saturated rings. The molecule has 21 heavy (non-hydrogen) atoms. The molecule has 1 heterocycles. The fourth-order valence-electron chi connectivity index (χ4n) is 2.66. The highest BCUT2D eigenvalue weighted by Crippen LogP contribution is 2.44. The summed E-state index contributed by atoms with van der Waals surface area (Å²) in [7, 11) is 0. The molecule has 1 aliphatic carbocycles. The third-order valence-electron chi connectivity index (χ3n) is 3.78. The zero-order valence-corrected chi connectivity index (χ0v) is 11.7. The van der Waals surface area contributed by atoms with Crippen LogP contribution in [0.1, 0.15) is 41.6 Å². The van der Waals surface area contributed by atoms with Crippen molar-refractivity contribution in [3.63, 3.8) is 0 Å². The summed E-state index contributed by atoms with van der Waals surface area (Å²) in [6.45, 7) is 0. The lowest BCUT2D eigenvalue weighted by atomic mass is 9.77. The summed E-state index contributed by atoms with van der Waals surface area (Å²) in [5.41, 5.74) is 5.87. The van der Waals surface area contributed by atoms with Crippen LogP contribution in [0.2, 0.25) is 0 Å². The maximum absolute atomic E-state index is 12.7. The van der Waals surface area contributed by atoms with Crippen molar-refractivity contribution in [3.8, 4) is 0 Å². The minimum atomic E-state index is -4.55. The third kappa shape index (κ3) is 3.88. The first kappa shape index (κ1) is 16.5. The van der Waals surface area contributed by atoms with Gasteiger partial charge in [0.1, 0.15) is 0 Å². The van der Waals surface area contributed by atoms with Gasteiger partial charge in [-0.05, 0) is 25.2 Å². The number of nitrogens with zero attached hydrogens (tertiary/aromatic N) is 1. The highest BCUT2D eigenvalue weighted by molar-refractivity contribution is 7.11. The molecule has 0 aliphatic heterocycles. The summed E-state index contributed by atoms with van der Waals surface area (Å²) in [6, 6.07) is -0.830. The topological polar surface area (TPSA) is 38.9 Å². The Morgan fingerprint density at radius 1 is 1.19 bits per heavy atom. The molecule has 2 rings (SSSR count).